The van der Waals surface area contributed by atoms with Crippen LogP contribution in [0, 0.1) is 13.8 Å². The standard InChI is InChI=1S/C19H26N6O/c1-14-11-17(22-15(2)21-14)18-13-24(9-10-26-18)12-16-5-6-20-19(23-16)25-7-3-4-8-25/h5-6,11,18H,3-4,7-10,12-13H2,1-2H3/t18-/m1/s1. The van der Waals surface area contributed by atoms with Crippen molar-refractivity contribution in [2.24, 2.45) is 0 Å². The Morgan fingerprint density at radius 1 is 1.12 bits per heavy atom. The van der Waals surface area contributed by atoms with Crippen molar-refractivity contribution in [2.75, 3.05) is 37.7 Å². The summed E-state index contributed by atoms with van der Waals surface area (Å²) in [6.45, 7) is 9.30. The third-order valence-electron chi connectivity index (χ3n) is 4.94. The van der Waals surface area contributed by atoms with Crippen LogP contribution in [0.2, 0.25) is 0 Å². The molecule has 138 valence electrons. The zero-order chi connectivity index (χ0) is 17.9. The first-order valence-electron chi connectivity index (χ1n) is 9.40. The SMILES string of the molecule is Cc1cc([C@H]2CN(Cc3ccnc(N4CCCC4)n3)CCO2)nc(C)n1. The Morgan fingerprint density at radius 2 is 1.96 bits per heavy atom. The molecule has 7 heteroatoms. The van der Waals surface area contributed by atoms with Crippen LogP contribution in [-0.4, -0.2) is 57.6 Å². The van der Waals surface area contributed by atoms with Crippen molar-refractivity contribution in [1.29, 1.82) is 0 Å². The molecule has 2 saturated heterocycles. The zero-order valence-corrected chi connectivity index (χ0v) is 15.6. The number of hydrogen-bond donors (Lipinski definition) is 0. The maximum atomic E-state index is 5.97. The van der Waals surface area contributed by atoms with E-state index in [4.69, 9.17) is 9.72 Å². The molecule has 2 aliphatic rings. The molecule has 0 aliphatic carbocycles. The Hall–Kier alpha value is -2.12. The average Bonchev–Trinajstić information content (AvgIpc) is 3.16. The minimum absolute atomic E-state index is 0.0101. The van der Waals surface area contributed by atoms with Gasteiger partial charge in [0.15, 0.2) is 0 Å². The number of hydrogen-bond acceptors (Lipinski definition) is 7. The smallest absolute Gasteiger partial charge is 0.225 e. The summed E-state index contributed by atoms with van der Waals surface area (Å²) in [5.74, 6) is 1.67. The summed E-state index contributed by atoms with van der Waals surface area (Å²) in [6.07, 6.45) is 4.34. The van der Waals surface area contributed by atoms with Crippen molar-refractivity contribution in [2.45, 2.75) is 39.3 Å². The first-order valence-corrected chi connectivity index (χ1v) is 9.40. The van der Waals surface area contributed by atoms with E-state index in [9.17, 15) is 0 Å². The Bertz CT molecular complexity index is 741. The lowest BCUT2D eigenvalue weighted by molar-refractivity contribution is -0.0355. The van der Waals surface area contributed by atoms with Crippen molar-refractivity contribution in [3.05, 3.63) is 41.2 Å². The third kappa shape index (κ3) is 3.99. The van der Waals surface area contributed by atoms with E-state index in [1.165, 1.54) is 12.8 Å². The molecular formula is C19H26N6O. The van der Waals surface area contributed by atoms with Gasteiger partial charge < -0.3 is 9.64 Å². The molecule has 0 bridgehead atoms. The molecule has 4 heterocycles. The summed E-state index contributed by atoms with van der Waals surface area (Å²) >= 11 is 0. The molecule has 7 nitrogen and oxygen atoms in total. The number of aryl methyl sites for hydroxylation is 2. The first kappa shape index (κ1) is 17.3. The molecule has 1 atom stereocenters. The highest BCUT2D eigenvalue weighted by molar-refractivity contribution is 5.31. The summed E-state index contributed by atoms with van der Waals surface area (Å²) in [7, 11) is 0. The molecule has 26 heavy (non-hydrogen) atoms. The second-order valence-corrected chi connectivity index (χ2v) is 7.12. The summed E-state index contributed by atoms with van der Waals surface area (Å²) in [5.41, 5.74) is 3.03. The lowest BCUT2D eigenvalue weighted by atomic mass is 10.1. The highest BCUT2D eigenvalue weighted by atomic mass is 16.5. The molecule has 2 aromatic rings. The van der Waals surface area contributed by atoms with Gasteiger partial charge in [-0.15, -0.1) is 0 Å². The molecule has 0 amide bonds. The van der Waals surface area contributed by atoms with E-state index in [0.717, 1.165) is 61.6 Å². The minimum Gasteiger partial charge on any atom is -0.369 e. The molecule has 0 aromatic carbocycles. The highest BCUT2D eigenvalue weighted by Gasteiger charge is 2.24. The lowest BCUT2D eigenvalue weighted by Crippen LogP contribution is -2.38. The molecule has 2 aromatic heterocycles. The lowest BCUT2D eigenvalue weighted by Gasteiger charge is -2.32. The van der Waals surface area contributed by atoms with E-state index in [1.807, 2.05) is 32.2 Å². The summed E-state index contributed by atoms with van der Waals surface area (Å²) in [5, 5.41) is 0. The van der Waals surface area contributed by atoms with Gasteiger partial charge in [0, 0.05) is 44.6 Å². The van der Waals surface area contributed by atoms with E-state index in [0.29, 0.717) is 6.61 Å². The normalized spacial score (nSPS) is 21.3. The fourth-order valence-electron chi connectivity index (χ4n) is 3.71. The summed E-state index contributed by atoms with van der Waals surface area (Å²) in [6, 6.07) is 4.04. The number of morpholine rings is 1. The predicted molar refractivity (Wildman–Crippen MR) is 99.0 cm³/mol. The summed E-state index contributed by atoms with van der Waals surface area (Å²) < 4.78 is 5.97. The molecule has 0 spiro atoms. The van der Waals surface area contributed by atoms with Crippen LogP contribution in [0.3, 0.4) is 0 Å². The van der Waals surface area contributed by atoms with Crippen LogP contribution >= 0.6 is 0 Å². The van der Waals surface area contributed by atoms with Gasteiger partial charge in [0.25, 0.3) is 0 Å². The summed E-state index contributed by atoms with van der Waals surface area (Å²) in [4.78, 5) is 22.8. The van der Waals surface area contributed by atoms with E-state index < -0.39 is 0 Å². The molecule has 4 rings (SSSR count). The van der Waals surface area contributed by atoms with Crippen LogP contribution in [0.5, 0.6) is 0 Å². The number of aromatic nitrogens is 4. The van der Waals surface area contributed by atoms with E-state index in [1.54, 1.807) is 0 Å². The minimum atomic E-state index is -0.0101. The van der Waals surface area contributed by atoms with E-state index >= 15 is 0 Å². The number of rotatable bonds is 4. The Labute approximate surface area is 154 Å². The molecular weight excluding hydrogens is 328 g/mol. The van der Waals surface area contributed by atoms with Gasteiger partial charge in [0.1, 0.15) is 11.9 Å². The zero-order valence-electron chi connectivity index (χ0n) is 15.6. The van der Waals surface area contributed by atoms with Gasteiger partial charge in [-0.3, -0.25) is 4.90 Å². The fourth-order valence-corrected chi connectivity index (χ4v) is 3.71. The van der Waals surface area contributed by atoms with E-state index in [2.05, 4.69) is 24.8 Å². The Morgan fingerprint density at radius 3 is 2.77 bits per heavy atom. The van der Waals surface area contributed by atoms with E-state index in [-0.39, 0.29) is 6.10 Å². The van der Waals surface area contributed by atoms with Crippen molar-refractivity contribution < 1.29 is 4.74 Å². The third-order valence-corrected chi connectivity index (χ3v) is 4.94. The average molecular weight is 354 g/mol. The molecule has 0 saturated carbocycles. The van der Waals surface area contributed by atoms with Gasteiger partial charge in [-0.05, 0) is 38.8 Å². The topological polar surface area (TPSA) is 67.3 Å². The van der Waals surface area contributed by atoms with Crippen molar-refractivity contribution in [3.8, 4) is 0 Å². The second-order valence-electron chi connectivity index (χ2n) is 7.12. The second kappa shape index (κ2) is 7.63. The number of nitrogens with zero attached hydrogens (tertiary/aromatic N) is 6. The van der Waals surface area contributed by atoms with Gasteiger partial charge in [0.05, 0.1) is 18.0 Å². The fraction of sp³-hybridized carbons (Fsp3) is 0.579. The first-order chi connectivity index (χ1) is 12.7. The maximum absolute atomic E-state index is 5.97. The van der Waals surface area contributed by atoms with Crippen LogP contribution in [-0.2, 0) is 11.3 Å². The molecule has 2 aliphatic heterocycles. The highest BCUT2D eigenvalue weighted by Crippen LogP contribution is 2.23. The van der Waals surface area contributed by atoms with Crippen molar-refractivity contribution in [3.63, 3.8) is 0 Å². The Balaban J connectivity index is 1.44. The maximum Gasteiger partial charge on any atom is 0.225 e. The van der Waals surface area contributed by atoms with Gasteiger partial charge >= 0.3 is 0 Å². The quantitative estimate of drug-likeness (QED) is 0.832. The van der Waals surface area contributed by atoms with Crippen molar-refractivity contribution in [1.82, 2.24) is 24.8 Å². The predicted octanol–water partition coefficient (Wildman–Crippen LogP) is 2.06. The molecule has 0 radical (unpaired) electrons. The van der Waals surface area contributed by atoms with Gasteiger partial charge in [-0.1, -0.05) is 0 Å². The monoisotopic (exact) mass is 354 g/mol. The van der Waals surface area contributed by atoms with Crippen LogP contribution in [0.1, 0.15) is 41.9 Å². The van der Waals surface area contributed by atoms with Crippen LogP contribution < -0.4 is 4.90 Å². The van der Waals surface area contributed by atoms with Gasteiger partial charge in [-0.2, -0.15) is 0 Å². The molecule has 0 N–H and O–H groups in total. The van der Waals surface area contributed by atoms with Crippen LogP contribution in [0.25, 0.3) is 0 Å². The number of ether oxygens (including phenoxy) is 1. The van der Waals surface area contributed by atoms with Crippen molar-refractivity contribution >= 4 is 5.95 Å². The number of anilines is 1. The van der Waals surface area contributed by atoms with Gasteiger partial charge in [0.2, 0.25) is 5.95 Å². The van der Waals surface area contributed by atoms with Gasteiger partial charge in [-0.25, -0.2) is 19.9 Å². The Kier molecular flexibility index (Phi) is 5.08. The molecule has 2 fully saturated rings. The van der Waals surface area contributed by atoms with Crippen LogP contribution in [0.4, 0.5) is 5.95 Å². The largest absolute Gasteiger partial charge is 0.369 e. The molecule has 0 unspecified atom stereocenters. The van der Waals surface area contributed by atoms with Crippen LogP contribution in [0.15, 0.2) is 18.3 Å².